The molecule has 4 nitrogen and oxygen atoms in total. The summed E-state index contributed by atoms with van der Waals surface area (Å²) in [4.78, 5) is 29.0. The van der Waals surface area contributed by atoms with E-state index in [1.54, 1.807) is 28.0 Å². The third-order valence-corrected chi connectivity index (χ3v) is 6.83. The summed E-state index contributed by atoms with van der Waals surface area (Å²) in [7, 11) is 0. The number of hydrogen-bond acceptors (Lipinski definition) is 2. The van der Waals surface area contributed by atoms with E-state index in [0.717, 1.165) is 56.3 Å². The van der Waals surface area contributed by atoms with E-state index in [1.807, 2.05) is 18.2 Å². The first-order valence-electron chi connectivity index (χ1n) is 10.6. The van der Waals surface area contributed by atoms with E-state index >= 15 is 0 Å². The predicted octanol–water partition coefficient (Wildman–Crippen LogP) is 4.81. The van der Waals surface area contributed by atoms with Gasteiger partial charge in [-0.05, 0) is 62.1 Å². The van der Waals surface area contributed by atoms with E-state index in [0.29, 0.717) is 24.2 Å². The Kier molecular flexibility index (Phi) is 4.41. The van der Waals surface area contributed by atoms with Gasteiger partial charge in [0, 0.05) is 41.7 Å². The summed E-state index contributed by atoms with van der Waals surface area (Å²) in [6.07, 6.45) is 6.55. The number of rotatable bonds is 2. The molecule has 1 saturated heterocycles. The van der Waals surface area contributed by atoms with Crippen LogP contribution in [0.25, 0.3) is 0 Å². The fourth-order valence-corrected chi connectivity index (χ4v) is 5.39. The van der Waals surface area contributed by atoms with Crippen LogP contribution in [0.3, 0.4) is 0 Å². The minimum Gasteiger partial charge on any atom is -0.312 e. The highest BCUT2D eigenvalue weighted by Gasteiger charge is 2.48. The number of piperidine rings is 1. The van der Waals surface area contributed by atoms with Crippen LogP contribution in [-0.2, 0) is 10.2 Å². The zero-order valence-electron chi connectivity index (χ0n) is 16.5. The molecule has 29 heavy (non-hydrogen) atoms. The van der Waals surface area contributed by atoms with Crippen molar-refractivity contribution < 1.29 is 14.0 Å². The lowest BCUT2D eigenvalue weighted by molar-refractivity contribution is -0.119. The van der Waals surface area contributed by atoms with Crippen LogP contribution >= 0.6 is 0 Å². The third-order valence-electron chi connectivity index (χ3n) is 6.83. The van der Waals surface area contributed by atoms with Gasteiger partial charge < -0.3 is 9.80 Å². The Hall–Kier alpha value is -2.69. The van der Waals surface area contributed by atoms with Crippen LogP contribution in [0.5, 0.6) is 0 Å². The molecule has 1 spiro atoms. The van der Waals surface area contributed by atoms with Crippen molar-refractivity contribution in [2.24, 2.45) is 0 Å². The molecule has 0 atom stereocenters. The first kappa shape index (κ1) is 18.3. The van der Waals surface area contributed by atoms with Crippen molar-refractivity contribution in [1.29, 1.82) is 0 Å². The summed E-state index contributed by atoms with van der Waals surface area (Å²) >= 11 is 0. The Morgan fingerprint density at radius 1 is 0.966 bits per heavy atom. The molecule has 5 rings (SSSR count). The van der Waals surface area contributed by atoms with Gasteiger partial charge in [-0.15, -0.1) is 0 Å². The molecular formula is C24H25FN2O2. The number of amides is 2. The monoisotopic (exact) mass is 392 g/mol. The Morgan fingerprint density at radius 2 is 1.72 bits per heavy atom. The number of halogens is 1. The average Bonchev–Trinajstić information content (AvgIpc) is 3.34. The zero-order valence-corrected chi connectivity index (χ0v) is 16.5. The standard InChI is InChI=1S/C24H25FN2O2/c25-19-6-5-7-20-22(19)24(13-2-3-14-24)16-27(20)23(29)17-9-11-18(12-10-17)26-15-4-1-8-21(26)28/h5-7,9-12H,1-4,8,13-16H2. The van der Waals surface area contributed by atoms with Crippen molar-refractivity contribution in [2.45, 2.75) is 50.4 Å². The summed E-state index contributed by atoms with van der Waals surface area (Å²) in [5, 5.41) is 0. The molecule has 0 radical (unpaired) electrons. The van der Waals surface area contributed by atoms with E-state index in [-0.39, 0.29) is 23.0 Å². The molecule has 2 aromatic carbocycles. The highest BCUT2D eigenvalue weighted by atomic mass is 19.1. The summed E-state index contributed by atoms with van der Waals surface area (Å²) in [6.45, 7) is 1.28. The largest absolute Gasteiger partial charge is 0.312 e. The molecule has 2 fully saturated rings. The van der Waals surface area contributed by atoms with Crippen molar-refractivity contribution in [2.75, 3.05) is 22.9 Å². The molecule has 0 unspecified atom stereocenters. The van der Waals surface area contributed by atoms with Crippen molar-refractivity contribution >= 4 is 23.2 Å². The second kappa shape index (κ2) is 6.97. The molecular weight excluding hydrogens is 367 g/mol. The van der Waals surface area contributed by atoms with Crippen molar-refractivity contribution in [3.05, 3.63) is 59.4 Å². The number of fused-ring (bicyclic) bond motifs is 2. The van der Waals surface area contributed by atoms with Gasteiger partial charge in [-0.3, -0.25) is 9.59 Å². The SMILES string of the molecule is O=C1CCCCN1c1ccc(C(=O)N2CC3(CCCC3)c3c(F)cccc32)cc1. The maximum absolute atomic E-state index is 14.7. The van der Waals surface area contributed by atoms with Crippen LogP contribution in [-0.4, -0.2) is 24.9 Å². The maximum Gasteiger partial charge on any atom is 0.258 e. The molecule has 2 amide bonds. The number of benzene rings is 2. The number of anilines is 2. The van der Waals surface area contributed by atoms with Crippen molar-refractivity contribution in [3.8, 4) is 0 Å². The normalized spacial score (nSPS) is 20.4. The number of carbonyl (C=O) groups excluding carboxylic acids is 2. The number of nitrogens with zero attached hydrogens (tertiary/aromatic N) is 2. The predicted molar refractivity (Wildman–Crippen MR) is 111 cm³/mol. The summed E-state index contributed by atoms with van der Waals surface area (Å²) in [5.74, 6) is -0.154. The second-order valence-electron chi connectivity index (χ2n) is 8.56. The second-order valence-corrected chi connectivity index (χ2v) is 8.56. The highest BCUT2D eigenvalue weighted by Crippen LogP contribution is 2.51. The minimum atomic E-state index is -0.240. The molecule has 0 N–H and O–H groups in total. The lowest BCUT2D eigenvalue weighted by Crippen LogP contribution is -2.36. The topological polar surface area (TPSA) is 40.6 Å². The molecule has 5 heteroatoms. The smallest absolute Gasteiger partial charge is 0.258 e. The first-order chi connectivity index (χ1) is 14.1. The molecule has 1 aliphatic carbocycles. The molecule has 0 bridgehead atoms. The van der Waals surface area contributed by atoms with Gasteiger partial charge in [-0.25, -0.2) is 4.39 Å². The lowest BCUT2D eigenvalue weighted by atomic mass is 9.80. The Morgan fingerprint density at radius 3 is 2.45 bits per heavy atom. The van der Waals surface area contributed by atoms with Gasteiger partial charge in [0.25, 0.3) is 5.91 Å². The molecule has 2 aromatic rings. The molecule has 2 heterocycles. The van der Waals surface area contributed by atoms with Gasteiger partial charge in [-0.1, -0.05) is 18.9 Å². The van der Waals surface area contributed by atoms with E-state index in [4.69, 9.17) is 0 Å². The van der Waals surface area contributed by atoms with Gasteiger partial charge in [0.15, 0.2) is 0 Å². The van der Waals surface area contributed by atoms with Crippen LogP contribution in [0.4, 0.5) is 15.8 Å². The summed E-state index contributed by atoms with van der Waals surface area (Å²) in [5.41, 5.74) is 2.61. The quantitative estimate of drug-likeness (QED) is 0.736. The van der Waals surface area contributed by atoms with Gasteiger partial charge >= 0.3 is 0 Å². The molecule has 0 aromatic heterocycles. The van der Waals surface area contributed by atoms with Gasteiger partial charge in [0.1, 0.15) is 5.82 Å². The Balaban J connectivity index is 1.44. The van der Waals surface area contributed by atoms with Crippen LogP contribution in [0.2, 0.25) is 0 Å². The van der Waals surface area contributed by atoms with Gasteiger partial charge in [0.2, 0.25) is 5.91 Å². The average molecular weight is 392 g/mol. The number of hydrogen-bond donors (Lipinski definition) is 0. The third kappa shape index (κ3) is 2.95. The minimum absolute atomic E-state index is 0.0999. The van der Waals surface area contributed by atoms with Crippen LogP contribution < -0.4 is 9.80 Å². The molecule has 1 saturated carbocycles. The maximum atomic E-state index is 14.7. The zero-order chi connectivity index (χ0) is 20.0. The van der Waals surface area contributed by atoms with E-state index in [1.165, 1.54) is 6.07 Å². The summed E-state index contributed by atoms with van der Waals surface area (Å²) in [6, 6.07) is 12.3. The van der Waals surface area contributed by atoms with E-state index in [2.05, 4.69) is 0 Å². The first-order valence-corrected chi connectivity index (χ1v) is 10.6. The van der Waals surface area contributed by atoms with Gasteiger partial charge in [0.05, 0.1) is 5.69 Å². The number of carbonyl (C=O) groups is 2. The Bertz CT molecular complexity index is 963. The molecule has 2 aliphatic heterocycles. The fourth-order valence-electron chi connectivity index (χ4n) is 5.39. The van der Waals surface area contributed by atoms with Crippen LogP contribution in [0.15, 0.2) is 42.5 Å². The highest BCUT2D eigenvalue weighted by molar-refractivity contribution is 6.08. The van der Waals surface area contributed by atoms with Crippen molar-refractivity contribution in [3.63, 3.8) is 0 Å². The lowest BCUT2D eigenvalue weighted by Gasteiger charge is -2.27. The molecule has 150 valence electrons. The molecule has 3 aliphatic rings. The van der Waals surface area contributed by atoms with Crippen LogP contribution in [0.1, 0.15) is 60.9 Å². The Labute approximate surface area is 170 Å². The fraction of sp³-hybridized carbons (Fsp3) is 0.417. The van der Waals surface area contributed by atoms with Crippen LogP contribution in [0, 0.1) is 5.82 Å². The van der Waals surface area contributed by atoms with E-state index < -0.39 is 0 Å². The van der Waals surface area contributed by atoms with Crippen molar-refractivity contribution in [1.82, 2.24) is 0 Å². The van der Waals surface area contributed by atoms with Gasteiger partial charge in [-0.2, -0.15) is 0 Å². The summed E-state index contributed by atoms with van der Waals surface area (Å²) < 4.78 is 14.7. The van der Waals surface area contributed by atoms with E-state index in [9.17, 15) is 14.0 Å².